The van der Waals surface area contributed by atoms with Gasteiger partial charge in [-0.15, -0.1) is 0 Å². The first-order valence-corrected chi connectivity index (χ1v) is 8.53. The molecule has 2 nitrogen and oxygen atoms in total. The monoisotopic (exact) mass is 288 g/mol. The molecule has 1 aromatic heterocycles. The number of anilines is 1. The molecule has 0 aliphatic heterocycles. The van der Waals surface area contributed by atoms with Gasteiger partial charge in [0.15, 0.2) is 0 Å². The molecule has 0 fully saturated rings. The highest BCUT2D eigenvalue weighted by Crippen LogP contribution is 2.11. The minimum absolute atomic E-state index is 1.08. The van der Waals surface area contributed by atoms with Crippen molar-refractivity contribution in [3.8, 4) is 0 Å². The fraction of sp³-hybridized carbons (Fsp3) is 0.579. The van der Waals surface area contributed by atoms with Crippen molar-refractivity contribution in [2.75, 3.05) is 5.32 Å². The molecule has 0 radical (unpaired) electrons. The van der Waals surface area contributed by atoms with E-state index in [1.165, 1.54) is 56.2 Å². The van der Waals surface area contributed by atoms with Gasteiger partial charge in [0.1, 0.15) is 5.82 Å². The molecular weight excluding hydrogens is 256 g/mol. The molecule has 0 unspecified atom stereocenters. The zero-order valence-corrected chi connectivity index (χ0v) is 14.0. The maximum atomic E-state index is 3.42. The Kier molecular flexibility index (Phi) is 9.43. The van der Waals surface area contributed by atoms with E-state index >= 15 is 0 Å². The van der Waals surface area contributed by atoms with Gasteiger partial charge in [-0.25, -0.2) is 0 Å². The van der Waals surface area contributed by atoms with E-state index in [2.05, 4.69) is 55.4 Å². The third kappa shape index (κ3) is 8.44. The van der Waals surface area contributed by atoms with E-state index in [1.807, 2.05) is 6.20 Å². The summed E-state index contributed by atoms with van der Waals surface area (Å²) in [7, 11) is 0. The fourth-order valence-electron chi connectivity index (χ4n) is 2.32. The van der Waals surface area contributed by atoms with E-state index in [1.54, 1.807) is 0 Å². The predicted molar refractivity (Wildman–Crippen MR) is 94.7 cm³/mol. The van der Waals surface area contributed by atoms with Crippen LogP contribution in [0.2, 0.25) is 0 Å². The van der Waals surface area contributed by atoms with Crippen molar-refractivity contribution in [2.24, 2.45) is 0 Å². The number of nitrogens with one attached hydrogen (secondary N) is 2. The Bertz CT molecular complexity index is 427. The number of aromatic amines is 1. The van der Waals surface area contributed by atoms with Crippen LogP contribution >= 0.6 is 0 Å². The van der Waals surface area contributed by atoms with Crippen molar-refractivity contribution in [3.63, 3.8) is 0 Å². The molecule has 0 spiro atoms. The standard InChI is InChI=1S/C19H32N2/c1-4-6-8-11-17(3)12-10-16-20-19-15-14-18(21-19)13-9-7-5-2/h10,12,14-16,20-21H,4-9,11,13H2,1-3H3/b16-10+,17-12+. The third-order valence-corrected chi connectivity index (χ3v) is 3.69. The van der Waals surface area contributed by atoms with E-state index in [9.17, 15) is 0 Å². The first kappa shape index (κ1) is 17.6. The minimum Gasteiger partial charge on any atom is -0.348 e. The lowest BCUT2D eigenvalue weighted by atomic mass is 10.1. The van der Waals surface area contributed by atoms with Gasteiger partial charge in [0.25, 0.3) is 0 Å². The highest BCUT2D eigenvalue weighted by atomic mass is 15.0. The highest BCUT2D eigenvalue weighted by molar-refractivity contribution is 5.40. The number of allylic oxidation sites excluding steroid dienone is 3. The van der Waals surface area contributed by atoms with Crippen LogP contribution in [-0.2, 0) is 6.42 Å². The van der Waals surface area contributed by atoms with Crippen LogP contribution in [0, 0.1) is 0 Å². The zero-order valence-electron chi connectivity index (χ0n) is 14.0. The Hall–Kier alpha value is -1.44. The second-order valence-corrected chi connectivity index (χ2v) is 5.83. The molecule has 2 N–H and O–H groups in total. The lowest BCUT2D eigenvalue weighted by Crippen LogP contribution is -1.89. The van der Waals surface area contributed by atoms with E-state index in [-0.39, 0.29) is 0 Å². The largest absolute Gasteiger partial charge is 0.348 e. The summed E-state index contributed by atoms with van der Waals surface area (Å²) < 4.78 is 0. The summed E-state index contributed by atoms with van der Waals surface area (Å²) in [5, 5.41) is 3.30. The maximum Gasteiger partial charge on any atom is 0.107 e. The Morgan fingerprint density at radius 1 is 1.10 bits per heavy atom. The Labute approximate surface area is 130 Å². The molecule has 0 amide bonds. The van der Waals surface area contributed by atoms with Crippen LogP contribution in [0.3, 0.4) is 0 Å². The average molecular weight is 288 g/mol. The summed E-state index contributed by atoms with van der Waals surface area (Å²) in [6.07, 6.45) is 16.4. The Morgan fingerprint density at radius 2 is 1.86 bits per heavy atom. The number of unbranched alkanes of at least 4 members (excludes halogenated alkanes) is 4. The van der Waals surface area contributed by atoms with Crippen molar-refractivity contribution in [1.82, 2.24) is 4.98 Å². The number of hydrogen-bond acceptors (Lipinski definition) is 1. The molecule has 118 valence electrons. The van der Waals surface area contributed by atoms with Crippen LogP contribution in [0.25, 0.3) is 0 Å². The van der Waals surface area contributed by atoms with Crippen molar-refractivity contribution < 1.29 is 0 Å². The van der Waals surface area contributed by atoms with Gasteiger partial charge in [0, 0.05) is 11.9 Å². The molecule has 0 atom stereocenters. The summed E-state index contributed by atoms with van der Waals surface area (Å²) in [5.41, 5.74) is 2.78. The van der Waals surface area contributed by atoms with Gasteiger partial charge in [0.05, 0.1) is 0 Å². The first-order valence-electron chi connectivity index (χ1n) is 8.53. The Morgan fingerprint density at radius 3 is 2.62 bits per heavy atom. The van der Waals surface area contributed by atoms with Crippen molar-refractivity contribution in [3.05, 3.63) is 41.8 Å². The van der Waals surface area contributed by atoms with Gasteiger partial charge in [-0.2, -0.15) is 0 Å². The topological polar surface area (TPSA) is 27.8 Å². The lowest BCUT2D eigenvalue weighted by Gasteiger charge is -1.99. The molecule has 0 aromatic carbocycles. The van der Waals surface area contributed by atoms with Crippen LogP contribution in [0.1, 0.15) is 71.4 Å². The lowest BCUT2D eigenvalue weighted by molar-refractivity contribution is 0.710. The molecule has 1 heterocycles. The number of hydrogen-bond donors (Lipinski definition) is 2. The normalized spacial score (nSPS) is 12.2. The van der Waals surface area contributed by atoms with Crippen molar-refractivity contribution in [2.45, 2.75) is 72.1 Å². The van der Waals surface area contributed by atoms with Crippen molar-refractivity contribution in [1.29, 1.82) is 0 Å². The number of H-pyrrole nitrogens is 1. The molecule has 0 aliphatic carbocycles. The van der Waals surface area contributed by atoms with Crippen LogP contribution in [-0.4, -0.2) is 4.98 Å². The fourth-order valence-corrected chi connectivity index (χ4v) is 2.32. The van der Waals surface area contributed by atoms with Gasteiger partial charge >= 0.3 is 0 Å². The molecule has 1 aromatic rings. The number of aromatic nitrogens is 1. The molecule has 21 heavy (non-hydrogen) atoms. The van der Waals surface area contributed by atoms with E-state index in [0.717, 1.165) is 12.2 Å². The summed E-state index contributed by atoms with van der Waals surface area (Å²) in [5.74, 6) is 1.08. The second-order valence-electron chi connectivity index (χ2n) is 5.83. The second kappa shape index (κ2) is 11.2. The molecule has 0 saturated heterocycles. The molecule has 1 rings (SSSR count). The first-order chi connectivity index (χ1) is 10.3. The summed E-state index contributed by atoms with van der Waals surface area (Å²) in [6.45, 7) is 6.69. The highest BCUT2D eigenvalue weighted by Gasteiger charge is 1.96. The SMILES string of the molecule is CCCCC/C(C)=C/C=C/Nc1ccc(CCCCC)[nH]1. The molecular formula is C19H32N2. The van der Waals surface area contributed by atoms with E-state index in [0.29, 0.717) is 0 Å². The quantitative estimate of drug-likeness (QED) is 0.368. The van der Waals surface area contributed by atoms with Crippen LogP contribution in [0.15, 0.2) is 36.1 Å². The van der Waals surface area contributed by atoms with E-state index < -0.39 is 0 Å². The molecule has 0 aliphatic rings. The van der Waals surface area contributed by atoms with Gasteiger partial charge in [-0.1, -0.05) is 51.2 Å². The van der Waals surface area contributed by atoms with Crippen LogP contribution in [0.4, 0.5) is 5.82 Å². The summed E-state index contributed by atoms with van der Waals surface area (Å²) in [4.78, 5) is 3.42. The van der Waals surface area contributed by atoms with Gasteiger partial charge in [-0.05, 0) is 50.8 Å². The summed E-state index contributed by atoms with van der Waals surface area (Å²) >= 11 is 0. The minimum atomic E-state index is 1.08. The maximum absolute atomic E-state index is 3.42. The third-order valence-electron chi connectivity index (χ3n) is 3.69. The molecule has 2 heteroatoms. The Balaban J connectivity index is 2.27. The smallest absolute Gasteiger partial charge is 0.107 e. The van der Waals surface area contributed by atoms with Crippen LogP contribution < -0.4 is 5.32 Å². The number of aryl methyl sites for hydroxylation is 1. The van der Waals surface area contributed by atoms with Crippen molar-refractivity contribution >= 4 is 5.82 Å². The van der Waals surface area contributed by atoms with E-state index in [4.69, 9.17) is 0 Å². The predicted octanol–water partition coefficient (Wildman–Crippen LogP) is 6.20. The summed E-state index contributed by atoms with van der Waals surface area (Å²) in [6, 6.07) is 4.29. The van der Waals surface area contributed by atoms with Gasteiger partial charge in [0.2, 0.25) is 0 Å². The number of rotatable bonds is 11. The van der Waals surface area contributed by atoms with Gasteiger partial charge < -0.3 is 10.3 Å². The average Bonchev–Trinajstić information content (AvgIpc) is 2.92. The van der Waals surface area contributed by atoms with Crippen LogP contribution in [0.5, 0.6) is 0 Å². The molecule has 0 bridgehead atoms. The zero-order chi connectivity index (χ0) is 15.3. The van der Waals surface area contributed by atoms with Gasteiger partial charge in [-0.3, -0.25) is 0 Å². The molecule has 0 saturated carbocycles.